The molecule has 0 spiro atoms. The van der Waals surface area contributed by atoms with Crippen molar-refractivity contribution in [2.75, 3.05) is 18.1 Å². The zero-order valence-corrected chi connectivity index (χ0v) is 16.1. The number of esters is 1. The number of aliphatic imine (C=N–C) groups is 1. The zero-order valence-electron chi connectivity index (χ0n) is 16.1. The fraction of sp³-hybridized carbons (Fsp3) is 0.524. The average molecular weight is 358 g/mol. The zero-order chi connectivity index (χ0) is 18.8. The van der Waals surface area contributed by atoms with Crippen LogP contribution in [0.2, 0.25) is 0 Å². The van der Waals surface area contributed by atoms with Crippen LogP contribution in [0.25, 0.3) is 0 Å². The van der Waals surface area contributed by atoms with E-state index in [2.05, 4.69) is 22.9 Å². The molecule has 1 heterocycles. The van der Waals surface area contributed by atoms with Crippen LogP contribution < -0.4 is 9.64 Å². The average Bonchev–Trinajstić information content (AvgIpc) is 2.62. The van der Waals surface area contributed by atoms with Crippen LogP contribution in [-0.4, -0.2) is 31.4 Å². The largest absolute Gasteiger partial charge is 0.494 e. The summed E-state index contributed by atoms with van der Waals surface area (Å²) in [5.41, 5.74) is 1.98. The summed E-state index contributed by atoms with van der Waals surface area (Å²) in [4.78, 5) is 18.2. The van der Waals surface area contributed by atoms with E-state index in [1.807, 2.05) is 44.5 Å². The molecule has 26 heavy (non-hydrogen) atoms. The molecule has 1 aromatic carbocycles. The molecule has 5 heteroatoms. The lowest BCUT2D eigenvalue weighted by atomic mass is 10.2. The summed E-state index contributed by atoms with van der Waals surface area (Å²) in [5, 5.41) is 0. The molecule has 0 aliphatic carbocycles. The highest BCUT2D eigenvalue weighted by molar-refractivity contribution is 5.71. The summed E-state index contributed by atoms with van der Waals surface area (Å²) < 4.78 is 11.2. The molecule has 1 unspecified atom stereocenters. The minimum atomic E-state index is -0.180. The maximum Gasteiger partial charge on any atom is 0.306 e. The number of hydrogen-bond acceptors (Lipinski definition) is 5. The molecule has 0 fully saturated rings. The van der Waals surface area contributed by atoms with Gasteiger partial charge in [-0.3, -0.25) is 9.79 Å². The van der Waals surface area contributed by atoms with Crippen molar-refractivity contribution in [2.45, 2.75) is 59.0 Å². The molecule has 0 bridgehead atoms. The molecule has 1 atom stereocenters. The van der Waals surface area contributed by atoms with Crippen LogP contribution in [0.15, 0.2) is 41.2 Å². The Kier molecular flexibility index (Phi) is 8.19. The molecule has 0 saturated heterocycles. The first-order valence-electron chi connectivity index (χ1n) is 9.54. The molecule has 0 aromatic heterocycles. The van der Waals surface area contributed by atoms with Gasteiger partial charge in [0.05, 0.1) is 18.8 Å². The molecular weight excluding hydrogens is 328 g/mol. The third kappa shape index (κ3) is 6.54. The van der Waals surface area contributed by atoms with E-state index in [4.69, 9.17) is 9.47 Å². The number of ether oxygens (including phenoxy) is 2. The molecule has 5 nitrogen and oxygen atoms in total. The summed E-state index contributed by atoms with van der Waals surface area (Å²) >= 11 is 0. The Morgan fingerprint density at radius 3 is 2.92 bits per heavy atom. The Morgan fingerprint density at radius 1 is 1.31 bits per heavy atom. The predicted octanol–water partition coefficient (Wildman–Crippen LogP) is 4.72. The van der Waals surface area contributed by atoms with Crippen molar-refractivity contribution in [2.24, 2.45) is 4.99 Å². The van der Waals surface area contributed by atoms with E-state index in [-0.39, 0.29) is 12.1 Å². The maximum atomic E-state index is 11.6. The highest BCUT2D eigenvalue weighted by Gasteiger charge is 2.14. The van der Waals surface area contributed by atoms with Crippen LogP contribution in [0.5, 0.6) is 5.75 Å². The van der Waals surface area contributed by atoms with Crippen LogP contribution in [0.4, 0.5) is 5.69 Å². The molecule has 2 rings (SSSR count). The van der Waals surface area contributed by atoms with Gasteiger partial charge < -0.3 is 14.4 Å². The summed E-state index contributed by atoms with van der Waals surface area (Å²) in [6, 6.07) is 8.10. The van der Waals surface area contributed by atoms with Gasteiger partial charge in [0, 0.05) is 37.0 Å². The highest BCUT2D eigenvalue weighted by atomic mass is 16.5. The van der Waals surface area contributed by atoms with E-state index < -0.39 is 0 Å². The second-order valence-corrected chi connectivity index (χ2v) is 6.54. The number of benzene rings is 1. The molecule has 1 aliphatic heterocycles. The van der Waals surface area contributed by atoms with E-state index in [0.717, 1.165) is 43.0 Å². The monoisotopic (exact) mass is 358 g/mol. The summed E-state index contributed by atoms with van der Waals surface area (Å²) in [5.74, 6) is 0.740. The lowest BCUT2D eigenvalue weighted by Crippen LogP contribution is -2.23. The van der Waals surface area contributed by atoms with Gasteiger partial charge in [0.2, 0.25) is 0 Å². The van der Waals surface area contributed by atoms with Crippen molar-refractivity contribution in [3.05, 3.63) is 36.2 Å². The fourth-order valence-corrected chi connectivity index (χ4v) is 2.71. The van der Waals surface area contributed by atoms with Gasteiger partial charge in [0.15, 0.2) is 0 Å². The fourth-order valence-electron chi connectivity index (χ4n) is 2.71. The maximum absolute atomic E-state index is 11.6. The van der Waals surface area contributed by atoms with Crippen LogP contribution in [-0.2, 0) is 9.53 Å². The van der Waals surface area contributed by atoms with E-state index in [9.17, 15) is 4.79 Å². The quantitative estimate of drug-likeness (QED) is 0.448. The number of nitrogens with zero attached hydrogens (tertiary/aromatic N) is 2. The van der Waals surface area contributed by atoms with Gasteiger partial charge in [-0.15, -0.1) is 0 Å². The number of anilines is 1. The van der Waals surface area contributed by atoms with Gasteiger partial charge in [0.1, 0.15) is 11.9 Å². The molecule has 1 aromatic rings. The second-order valence-electron chi connectivity index (χ2n) is 6.54. The van der Waals surface area contributed by atoms with Crippen molar-refractivity contribution in [1.82, 2.24) is 0 Å². The Hall–Kier alpha value is -2.30. The van der Waals surface area contributed by atoms with Gasteiger partial charge in [-0.2, -0.15) is 0 Å². The van der Waals surface area contributed by atoms with Crippen LogP contribution in [0.3, 0.4) is 0 Å². The normalized spacial score (nSPS) is 14.7. The van der Waals surface area contributed by atoms with Gasteiger partial charge in [-0.25, -0.2) is 0 Å². The first-order chi connectivity index (χ1) is 12.6. The number of rotatable bonds is 10. The van der Waals surface area contributed by atoms with Crippen molar-refractivity contribution in [1.29, 1.82) is 0 Å². The highest BCUT2D eigenvalue weighted by Crippen LogP contribution is 2.24. The summed E-state index contributed by atoms with van der Waals surface area (Å²) in [6.45, 7) is 7.48. The molecular formula is C21H30N2O3. The number of hydrogen-bond donors (Lipinski definition) is 0. The summed E-state index contributed by atoms with van der Waals surface area (Å²) in [7, 11) is 0. The Labute approximate surface area is 156 Å². The van der Waals surface area contributed by atoms with Gasteiger partial charge >= 0.3 is 5.97 Å². The minimum Gasteiger partial charge on any atom is -0.494 e. The lowest BCUT2D eigenvalue weighted by molar-refractivity contribution is -0.148. The standard InChI is InChI=1S/C21H30N2O3/c1-4-6-13-25-20-10-7-9-19(15-20)23-12-11-22-18(16-23)14-17(3)26-21(24)8-5-2/h7,9-11,15-17H,4-6,8,12-14H2,1-3H3. The third-order valence-electron chi connectivity index (χ3n) is 4.04. The lowest BCUT2D eigenvalue weighted by Gasteiger charge is -2.24. The van der Waals surface area contributed by atoms with Gasteiger partial charge in [0.25, 0.3) is 0 Å². The number of unbranched alkanes of at least 4 members (excludes halogenated alkanes) is 1. The van der Waals surface area contributed by atoms with Crippen LogP contribution in [0, 0.1) is 0 Å². The SMILES string of the molecule is CCCCOc1cccc(N2C=C(CC(C)OC(=O)CCC)N=CC2)c1. The Bertz CT molecular complexity index is 640. The van der Waals surface area contributed by atoms with Crippen molar-refractivity contribution >= 4 is 17.9 Å². The van der Waals surface area contributed by atoms with E-state index >= 15 is 0 Å². The predicted molar refractivity (Wildman–Crippen MR) is 106 cm³/mol. The Morgan fingerprint density at radius 2 is 2.15 bits per heavy atom. The van der Waals surface area contributed by atoms with Crippen molar-refractivity contribution in [3.8, 4) is 5.75 Å². The van der Waals surface area contributed by atoms with Crippen molar-refractivity contribution in [3.63, 3.8) is 0 Å². The number of carbonyl (C=O) groups is 1. The molecule has 0 N–H and O–H groups in total. The van der Waals surface area contributed by atoms with E-state index in [0.29, 0.717) is 19.4 Å². The van der Waals surface area contributed by atoms with Gasteiger partial charge in [-0.1, -0.05) is 26.3 Å². The van der Waals surface area contributed by atoms with Crippen molar-refractivity contribution < 1.29 is 14.3 Å². The minimum absolute atomic E-state index is 0.144. The summed E-state index contributed by atoms with van der Waals surface area (Å²) in [6.07, 6.45) is 7.78. The smallest absolute Gasteiger partial charge is 0.306 e. The molecule has 1 aliphatic rings. The molecule has 0 saturated carbocycles. The first kappa shape index (κ1) is 20.0. The van der Waals surface area contributed by atoms with E-state index in [1.165, 1.54) is 0 Å². The topological polar surface area (TPSA) is 51.1 Å². The van der Waals surface area contributed by atoms with E-state index in [1.54, 1.807) is 0 Å². The first-order valence-corrected chi connectivity index (χ1v) is 9.54. The second kappa shape index (κ2) is 10.6. The number of carbonyl (C=O) groups excluding carboxylic acids is 1. The third-order valence-corrected chi connectivity index (χ3v) is 4.04. The van der Waals surface area contributed by atoms with Gasteiger partial charge in [-0.05, 0) is 31.9 Å². The molecule has 142 valence electrons. The van der Waals surface area contributed by atoms with Crippen LogP contribution in [0.1, 0.15) is 52.9 Å². The molecule has 0 amide bonds. The Balaban J connectivity index is 1.97. The molecule has 0 radical (unpaired) electrons. The van der Waals surface area contributed by atoms with Crippen LogP contribution >= 0.6 is 0 Å².